The number of aromatic nitrogens is 1. The summed E-state index contributed by atoms with van der Waals surface area (Å²) in [6.45, 7) is 1.42. The first kappa shape index (κ1) is 15.1. The molecule has 2 aromatic rings. The van der Waals surface area contributed by atoms with Crippen LogP contribution in [0.1, 0.15) is 21.5 Å². The van der Waals surface area contributed by atoms with E-state index in [4.69, 9.17) is 5.11 Å². The number of rotatable bonds is 2. The third-order valence-corrected chi connectivity index (χ3v) is 3.21. The Labute approximate surface area is 117 Å². The first-order valence-electron chi connectivity index (χ1n) is 5.89. The molecule has 3 nitrogen and oxygen atoms in total. The zero-order chi connectivity index (χ0) is 15.9. The van der Waals surface area contributed by atoms with Crippen molar-refractivity contribution in [2.75, 3.05) is 0 Å². The number of aromatic carboxylic acids is 1. The Kier molecular flexibility index (Phi) is 3.52. The predicted molar refractivity (Wildman–Crippen MR) is 67.5 cm³/mol. The third-order valence-electron chi connectivity index (χ3n) is 3.21. The molecule has 0 aliphatic carbocycles. The van der Waals surface area contributed by atoms with Crippen molar-refractivity contribution in [1.82, 2.24) is 4.57 Å². The minimum atomic E-state index is -4.74. The van der Waals surface area contributed by atoms with Gasteiger partial charge in [-0.3, -0.25) is 0 Å². The van der Waals surface area contributed by atoms with Crippen LogP contribution >= 0.6 is 0 Å². The number of alkyl halides is 3. The number of carboxylic acids is 1. The number of aryl methyl sites for hydroxylation is 1. The summed E-state index contributed by atoms with van der Waals surface area (Å²) in [6.07, 6.45) is -3.51. The van der Waals surface area contributed by atoms with Crippen LogP contribution in [0.3, 0.4) is 0 Å². The lowest BCUT2D eigenvalue weighted by Gasteiger charge is -2.14. The van der Waals surface area contributed by atoms with Crippen molar-refractivity contribution in [3.63, 3.8) is 0 Å². The molecule has 0 bridgehead atoms. The second-order valence-corrected chi connectivity index (χ2v) is 4.62. The molecule has 0 saturated heterocycles. The van der Waals surface area contributed by atoms with Crippen LogP contribution in [0.5, 0.6) is 0 Å². The summed E-state index contributed by atoms with van der Waals surface area (Å²) in [5.74, 6) is -2.23. The molecule has 0 amide bonds. The number of hydrogen-bond donors (Lipinski definition) is 1. The third kappa shape index (κ3) is 2.63. The van der Waals surface area contributed by atoms with Gasteiger partial charge in [-0.15, -0.1) is 0 Å². The maximum Gasteiger partial charge on any atom is 0.417 e. The Morgan fingerprint density at radius 2 is 1.90 bits per heavy atom. The number of hydrogen-bond acceptors (Lipinski definition) is 1. The molecule has 1 heterocycles. The number of carboxylic acid groups (broad SMARTS) is 1. The maximum atomic E-state index is 13.1. The van der Waals surface area contributed by atoms with Crippen LogP contribution in [-0.2, 0) is 13.2 Å². The Balaban J connectivity index is 2.77. The zero-order valence-electron chi connectivity index (χ0n) is 11.1. The van der Waals surface area contributed by atoms with Crippen LogP contribution in [-0.4, -0.2) is 15.6 Å². The smallest absolute Gasteiger partial charge is 0.417 e. The summed E-state index contributed by atoms with van der Waals surface area (Å²) >= 11 is 0. The van der Waals surface area contributed by atoms with Gasteiger partial charge >= 0.3 is 12.1 Å². The summed E-state index contributed by atoms with van der Waals surface area (Å²) < 4.78 is 53.6. The second-order valence-electron chi connectivity index (χ2n) is 4.62. The summed E-state index contributed by atoms with van der Waals surface area (Å²) in [7, 11) is 1.44. The Hall–Kier alpha value is -2.31. The van der Waals surface area contributed by atoms with Crippen LogP contribution in [0.2, 0.25) is 0 Å². The molecule has 0 atom stereocenters. The van der Waals surface area contributed by atoms with Gasteiger partial charge in [0, 0.05) is 18.8 Å². The maximum absolute atomic E-state index is 13.1. The lowest BCUT2D eigenvalue weighted by Crippen LogP contribution is -2.09. The summed E-state index contributed by atoms with van der Waals surface area (Å²) in [6, 6.07) is 2.33. The number of nitrogens with zero attached hydrogens (tertiary/aromatic N) is 1. The molecule has 7 heteroatoms. The number of benzene rings is 1. The van der Waals surface area contributed by atoms with Gasteiger partial charge in [0.25, 0.3) is 0 Å². The molecular formula is C14H11F4NO2. The van der Waals surface area contributed by atoms with E-state index in [1.165, 1.54) is 24.7 Å². The number of carbonyl (C=O) groups is 1. The average molecular weight is 301 g/mol. The highest BCUT2D eigenvalue weighted by Gasteiger charge is 2.35. The van der Waals surface area contributed by atoms with E-state index in [0.29, 0.717) is 6.07 Å². The van der Waals surface area contributed by atoms with Gasteiger partial charge in [0.2, 0.25) is 0 Å². The molecule has 0 fully saturated rings. The highest BCUT2D eigenvalue weighted by Crippen LogP contribution is 2.39. The van der Waals surface area contributed by atoms with E-state index in [-0.39, 0.29) is 22.4 Å². The van der Waals surface area contributed by atoms with Crippen molar-refractivity contribution in [1.29, 1.82) is 0 Å². The number of halogens is 4. The van der Waals surface area contributed by atoms with E-state index < -0.39 is 23.5 Å². The van der Waals surface area contributed by atoms with Crippen molar-refractivity contribution < 1.29 is 27.5 Å². The van der Waals surface area contributed by atoms with Gasteiger partial charge in [-0.2, -0.15) is 13.2 Å². The van der Waals surface area contributed by atoms with Gasteiger partial charge in [0.1, 0.15) is 5.82 Å². The molecule has 2 rings (SSSR count). The van der Waals surface area contributed by atoms with Crippen LogP contribution in [0.15, 0.2) is 24.4 Å². The highest BCUT2D eigenvalue weighted by molar-refractivity contribution is 5.92. The zero-order valence-corrected chi connectivity index (χ0v) is 11.1. The molecule has 1 N–H and O–H groups in total. The lowest BCUT2D eigenvalue weighted by molar-refractivity contribution is -0.137. The Morgan fingerprint density at radius 3 is 2.38 bits per heavy atom. The van der Waals surface area contributed by atoms with E-state index in [1.54, 1.807) is 0 Å². The van der Waals surface area contributed by atoms with E-state index in [0.717, 1.165) is 12.1 Å². The van der Waals surface area contributed by atoms with Gasteiger partial charge in [-0.05, 0) is 30.7 Å². The van der Waals surface area contributed by atoms with E-state index in [9.17, 15) is 22.4 Å². The fourth-order valence-corrected chi connectivity index (χ4v) is 2.31. The van der Waals surface area contributed by atoms with Crippen molar-refractivity contribution in [2.24, 2.45) is 7.05 Å². The van der Waals surface area contributed by atoms with Crippen molar-refractivity contribution >= 4 is 5.97 Å². The second kappa shape index (κ2) is 4.91. The molecule has 0 spiro atoms. The largest absolute Gasteiger partial charge is 0.478 e. The van der Waals surface area contributed by atoms with Crippen molar-refractivity contribution in [3.05, 3.63) is 46.9 Å². The molecule has 0 saturated carbocycles. The molecule has 0 radical (unpaired) electrons. The molecule has 1 aromatic carbocycles. The van der Waals surface area contributed by atoms with Gasteiger partial charge in [-0.1, -0.05) is 0 Å². The van der Waals surface area contributed by atoms with E-state index in [2.05, 4.69) is 0 Å². The summed E-state index contributed by atoms with van der Waals surface area (Å²) in [5.41, 5.74) is -1.19. The minimum Gasteiger partial charge on any atom is -0.478 e. The SMILES string of the molecule is Cc1c(C(=O)O)cn(C)c1-c1ccc(F)cc1C(F)(F)F. The quantitative estimate of drug-likeness (QED) is 0.856. The monoisotopic (exact) mass is 301 g/mol. The summed E-state index contributed by atoms with van der Waals surface area (Å²) in [4.78, 5) is 11.1. The highest BCUT2D eigenvalue weighted by atomic mass is 19.4. The van der Waals surface area contributed by atoms with Crippen LogP contribution in [0.4, 0.5) is 17.6 Å². The van der Waals surface area contributed by atoms with Gasteiger partial charge in [0.05, 0.1) is 16.8 Å². The normalized spacial score (nSPS) is 11.7. The molecule has 0 aliphatic rings. The Bertz CT molecular complexity index is 716. The fourth-order valence-electron chi connectivity index (χ4n) is 2.31. The first-order valence-corrected chi connectivity index (χ1v) is 5.89. The van der Waals surface area contributed by atoms with Crippen LogP contribution in [0, 0.1) is 12.7 Å². The topological polar surface area (TPSA) is 42.2 Å². The molecule has 1 aromatic heterocycles. The summed E-state index contributed by atoms with van der Waals surface area (Å²) in [5, 5.41) is 9.03. The van der Waals surface area contributed by atoms with Gasteiger partial charge in [-0.25, -0.2) is 9.18 Å². The molecule has 0 aliphatic heterocycles. The van der Waals surface area contributed by atoms with Crippen molar-refractivity contribution in [2.45, 2.75) is 13.1 Å². The van der Waals surface area contributed by atoms with Gasteiger partial charge in [0.15, 0.2) is 0 Å². The lowest BCUT2D eigenvalue weighted by atomic mass is 10.00. The van der Waals surface area contributed by atoms with Crippen LogP contribution < -0.4 is 0 Å². The predicted octanol–water partition coefficient (Wildman–Crippen LogP) is 3.86. The molecular weight excluding hydrogens is 290 g/mol. The first-order chi connectivity index (χ1) is 9.62. The van der Waals surface area contributed by atoms with E-state index >= 15 is 0 Å². The fraction of sp³-hybridized carbons (Fsp3) is 0.214. The standard InChI is InChI=1S/C14H11F4NO2/c1-7-10(13(20)21)6-19(2)12(7)9-4-3-8(15)5-11(9)14(16,17)18/h3-6H,1-2H3,(H,20,21). The average Bonchev–Trinajstić information content (AvgIpc) is 2.64. The van der Waals surface area contributed by atoms with E-state index in [1.807, 2.05) is 0 Å². The molecule has 21 heavy (non-hydrogen) atoms. The minimum absolute atomic E-state index is 0.0926. The molecule has 112 valence electrons. The van der Waals surface area contributed by atoms with Crippen molar-refractivity contribution in [3.8, 4) is 11.3 Å². The Morgan fingerprint density at radius 1 is 1.29 bits per heavy atom. The molecule has 0 unspecified atom stereocenters. The van der Waals surface area contributed by atoms with Crippen LogP contribution in [0.25, 0.3) is 11.3 Å². The van der Waals surface area contributed by atoms with Gasteiger partial charge < -0.3 is 9.67 Å².